The third kappa shape index (κ3) is 4.06. The van der Waals surface area contributed by atoms with E-state index in [0.29, 0.717) is 0 Å². The van der Waals surface area contributed by atoms with E-state index in [1.54, 1.807) is 0 Å². The third-order valence-corrected chi connectivity index (χ3v) is 5.24. The monoisotopic (exact) mass is 287 g/mol. The first-order chi connectivity index (χ1) is 10.3. The minimum atomic E-state index is 0.757. The predicted molar refractivity (Wildman–Crippen MR) is 88.3 cm³/mol. The summed E-state index contributed by atoms with van der Waals surface area (Å²) in [5.41, 5.74) is 1.44. The number of rotatable bonds is 5. The molecule has 21 heavy (non-hydrogen) atoms. The summed E-state index contributed by atoms with van der Waals surface area (Å²) in [5, 5.41) is 3.51. The Balaban J connectivity index is 1.43. The van der Waals surface area contributed by atoms with Crippen molar-refractivity contribution in [1.29, 1.82) is 0 Å². The molecule has 1 aliphatic heterocycles. The highest BCUT2D eigenvalue weighted by molar-refractivity contribution is 5.14. The van der Waals surface area contributed by atoms with E-state index in [2.05, 4.69) is 52.5 Å². The Kier molecular flexibility index (Phi) is 5.28. The molecule has 0 amide bonds. The normalized spacial score (nSPS) is 28.0. The van der Waals surface area contributed by atoms with E-state index in [0.717, 1.165) is 18.5 Å². The van der Waals surface area contributed by atoms with Gasteiger partial charge in [0.1, 0.15) is 0 Å². The van der Waals surface area contributed by atoms with Gasteiger partial charge in [-0.25, -0.2) is 0 Å². The van der Waals surface area contributed by atoms with Gasteiger partial charge in [-0.2, -0.15) is 0 Å². The fourth-order valence-electron chi connectivity index (χ4n) is 3.94. The zero-order valence-electron chi connectivity index (χ0n) is 13.3. The van der Waals surface area contributed by atoms with Gasteiger partial charge in [0.25, 0.3) is 0 Å². The topological polar surface area (TPSA) is 18.5 Å². The van der Waals surface area contributed by atoms with Gasteiger partial charge in [-0.1, -0.05) is 36.8 Å². The molecule has 1 N–H and O–H groups in total. The van der Waals surface area contributed by atoms with Crippen molar-refractivity contribution in [2.24, 2.45) is 5.92 Å². The first-order valence-electron chi connectivity index (χ1n) is 8.51. The second kappa shape index (κ2) is 7.39. The summed E-state index contributed by atoms with van der Waals surface area (Å²) in [4.78, 5) is 5.28. The molecular formula is C18H29N3. The maximum Gasteiger partial charge on any atom is 0.0234 e. The minimum Gasteiger partial charge on any atom is -0.317 e. The van der Waals surface area contributed by atoms with Gasteiger partial charge in [-0.05, 0) is 31.4 Å². The van der Waals surface area contributed by atoms with Crippen molar-refractivity contribution in [2.45, 2.75) is 31.8 Å². The molecule has 3 rings (SSSR count). The van der Waals surface area contributed by atoms with Crippen LogP contribution in [0.5, 0.6) is 0 Å². The van der Waals surface area contributed by atoms with Crippen LogP contribution >= 0.6 is 0 Å². The lowest BCUT2D eigenvalue weighted by Gasteiger charge is -2.36. The van der Waals surface area contributed by atoms with Gasteiger partial charge in [-0.3, -0.25) is 4.90 Å². The number of hydrogen-bond donors (Lipinski definition) is 1. The summed E-state index contributed by atoms with van der Waals surface area (Å²) in [6, 6.07) is 11.6. The van der Waals surface area contributed by atoms with Gasteiger partial charge in [0, 0.05) is 45.3 Å². The third-order valence-electron chi connectivity index (χ3n) is 5.24. The van der Waals surface area contributed by atoms with Gasteiger partial charge in [0.2, 0.25) is 0 Å². The van der Waals surface area contributed by atoms with Crippen molar-refractivity contribution in [3.8, 4) is 0 Å². The van der Waals surface area contributed by atoms with Crippen LogP contribution in [-0.2, 0) is 6.54 Å². The molecule has 1 saturated carbocycles. The van der Waals surface area contributed by atoms with Gasteiger partial charge in [-0.15, -0.1) is 0 Å². The zero-order valence-corrected chi connectivity index (χ0v) is 13.3. The molecule has 116 valence electrons. The Morgan fingerprint density at radius 3 is 2.43 bits per heavy atom. The lowest BCUT2D eigenvalue weighted by atomic mass is 10.0. The fraction of sp³-hybridized carbons (Fsp3) is 0.667. The first kappa shape index (κ1) is 15.0. The lowest BCUT2D eigenvalue weighted by molar-refractivity contribution is 0.109. The molecule has 3 nitrogen and oxygen atoms in total. The molecule has 1 heterocycles. The van der Waals surface area contributed by atoms with E-state index in [-0.39, 0.29) is 0 Å². The predicted octanol–water partition coefficient (Wildman–Crippen LogP) is 2.19. The van der Waals surface area contributed by atoms with Crippen LogP contribution in [-0.4, -0.2) is 55.6 Å². The van der Waals surface area contributed by atoms with Crippen molar-refractivity contribution in [3.63, 3.8) is 0 Å². The maximum atomic E-state index is 3.51. The Hall–Kier alpha value is -0.900. The van der Waals surface area contributed by atoms with Crippen LogP contribution in [0.2, 0.25) is 0 Å². The van der Waals surface area contributed by atoms with E-state index >= 15 is 0 Å². The van der Waals surface area contributed by atoms with E-state index in [1.807, 2.05) is 0 Å². The van der Waals surface area contributed by atoms with Crippen molar-refractivity contribution in [3.05, 3.63) is 35.9 Å². The molecule has 2 atom stereocenters. The van der Waals surface area contributed by atoms with E-state index < -0.39 is 0 Å². The quantitative estimate of drug-likeness (QED) is 0.895. The van der Waals surface area contributed by atoms with Crippen LogP contribution in [0.1, 0.15) is 24.8 Å². The first-order valence-corrected chi connectivity index (χ1v) is 8.51. The zero-order chi connectivity index (χ0) is 14.5. The number of nitrogens with one attached hydrogen (secondary N) is 1. The van der Waals surface area contributed by atoms with Gasteiger partial charge >= 0.3 is 0 Å². The highest BCUT2D eigenvalue weighted by Crippen LogP contribution is 2.26. The smallest absolute Gasteiger partial charge is 0.0234 e. The van der Waals surface area contributed by atoms with Crippen molar-refractivity contribution >= 4 is 0 Å². The molecule has 2 aliphatic rings. The number of nitrogens with zero attached hydrogens (tertiary/aromatic N) is 2. The summed E-state index contributed by atoms with van der Waals surface area (Å²) in [6.07, 6.45) is 4.19. The average molecular weight is 287 g/mol. The van der Waals surface area contributed by atoms with Gasteiger partial charge in [0.15, 0.2) is 0 Å². The van der Waals surface area contributed by atoms with Crippen LogP contribution in [0.4, 0.5) is 0 Å². The summed E-state index contributed by atoms with van der Waals surface area (Å²) >= 11 is 0. The number of hydrogen-bond acceptors (Lipinski definition) is 3. The highest BCUT2D eigenvalue weighted by Gasteiger charge is 2.28. The second-order valence-corrected chi connectivity index (χ2v) is 6.65. The molecule has 0 bridgehead atoms. The van der Waals surface area contributed by atoms with Crippen molar-refractivity contribution < 1.29 is 0 Å². The van der Waals surface area contributed by atoms with Crippen molar-refractivity contribution in [2.75, 3.05) is 39.8 Å². The molecule has 3 heteroatoms. The van der Waals surface area contributed by atoms with Crippen molar-refractivity contribution in [1.82, 2.24) is 15.1 Å². The summed E-state index contributed by atoms with van der Waals surface area (Å²) in [7, 11) is 2.13. The van der Waals surface area contributed by atoms with Crippen LogP contribution in [0.25, 0.3) is 0 Å². The van der Waals surface area contributed by atoms with Crippen LogP contribution in [0.15, 0.2) is 30.3 Å². The van der Waals surface area contributed by atoms with E-state index in [9.17, 15) is 0 Å². The Labute approximate surface area is 129 Å². The molecule has 1 saturated heterocycles. The van der Waals surface area contributed by atoms with Crippen LogP contribution in [0, 0.1) is 5.92 Å². The number of benzene rings is 1. The Bertz CT molecular complexity index is 412. The highest BCUT2D eigenvalue weighted by atomic mass is 15.3. The largest absolute Gasteiger partial charge is 0.317 e. The average Bonchev–Trinajstić information content (AvgIpc) is 2.97. The summed E-state index contributed by atoms with van der Waals surface area (Å²) in [5.74, 6) is 0.871. The Morgan fingerprint density at radius 2 is 1.71 bits per heavy atom. The maximum absolute atomic E-state index is 3.51. The molecule has 1 aromatic rings. The standard InChI is InChI=1S/C18H29N3/c1-19-18-9-5-8-17(18)15-21-12-10-20(11-13-21)14-16-6-3-2-4-7-16/h2-4,6-7,17-19H,5,8-15H2,1H3. The van der Waals surface area contributed by atoms with Gasteiger partial charge in [0.05, 0.1) is 0 Å². The minimum absolute atomic E-state index is 0.757. The van der Waals surface area contributed by atoms with Crippen LogP contribution in [0.3, 0.4) is 0 Å². The summed E-state index contributed by atoms with van der Waals surface area (Å²) < 4.78 is 0. The molecule has 0 aromatic heterocycles. The Morgan fingerprint density at radius 1 is 1.00 bits per heavy atom. The molecule has 0 spiro atoms. The molecule has 0 radical (unpaired) electrons. The number of piperazine rings is 1. The SMILES string of the molecule is CNC1CCCC1CN1CCN(Cc2ccccc2)CC1. The van der Waals surface area contributed by atoms with E-state index in [1.165, 1.54) is 57.5 Å². The molecular weight excluding hydrogens is 258 g/mol. The molecule has 1 aliphatic carbocycles. The van der Waals surface area contributed by atoms with Crippen LogP contribution < -0.4 is 5.32 Å². The fourth-order valence-corrected chi connectivity index (χ4v) is 3.94. The lowest BCUT2D eigenvalue weighted by Crippen LogP contribution is -2.48. The van der Waals surface area contributed by atoms with Gasteiger partial charge < -0.3 is 10.2 Å². The molecule has 1 aromatic carbocycles. The molecule has 2 unspecified atom stereocenters. The molecule has 2 fully saturated rings. The summed E-state index contributed by atoms with van der Waals surface area (Å²) in [6.45, 7) is 7.30. The second-order valence-electron chi connectivity index (χ2n) is 6.65. The van der Waals surface area contributed by atoms with E-state index in [4.69, 9.17) is 0 Å².